The zero-order chi connectivity index (χ0) is 11.7. The first-order valence-electron chi connectivity index (χ1n) is 5.89. The van der Waals surface area contributed by atoms with E-state index in [4.69, 9.17) is 11.6 Å². The summed E-state index contributed by atoms with van der Waals surface area (Å²) >= 11 is 6.33. The fraction of sp³-hybridized carbons (Fsp3) is 0.545. The molecule has 3 rings (SSSR count). The van der Waals surface area contributed by atoms with Crippen molar-refractivity contribution in [2.75, 3.05) is 5.32 Å². The van der Waals surface area contributed by atoms with Crippen LogP contribution in [0.15, 0.2) is 12.7 Å². The molecule has 1 aliphatic rings. The zero-order valence-electron chi connectivity index (χ0n) is 9.36. The summed E-state index contributed by atoms with van der Waals surface area (Å²) in [5, 5.41) is 3.58. The minimum atomic E-state index is 0.177. The first-order valence-corrected chi connectivity index (χ1v) is 6.33. The van der Waals surface area contributed by atoms with Crippen molar-refractivity contribution < 1.29 is 0 Å². The van der Waals surface area contributed by atoms with Crippen LogP contribution in [0.25, 0.3) is 11.2 Å². The number of anilines is 1. The molecule has 2 unspecified atom stereocenters. The smallest absolute Gasteiger partial charge is 0.182 e. The fourth-order valence-corrected chi connectivity index (χ4v) is 2.64. The number of hydrogen-bond donors (Lipinski definition) is 2. The van der Waals surface area contributed by atoms with Gasteiger partial charge in [0.1, 0.15) is 11.8 Å². The first kappa shape index (κ1) is 10.8. The van der Waals surface area contributed by atoms with Crippen LogP contribution in [0.3, 0.4) is 0 Å². The molecule has 0 bridgehead atoms. The maximum atomic E-state index is 6.33. The summed E-state index contributed by atoms with van der Waals surface area (Å²) in [4.78, 5) is 15.5. The van der Waals surface area contributed by atoms with Gasteiger partial charge in [0.15, 0.2) is 11.5 Å². The Hall–Kier alpha value is -1.36. The van der Waals surface area contributed by atoms with Crippen LogP contribution in [0, 0.1) is 0 Å². The lowest BCUT2D eigenvalue weighted by molar-refractivity contribution is 0.469. The maximum absolute atomic E-state index is 6.33. The van der Waals surface area contributed by atoms with Crippen LogP contribution in [0.4, 0.5) is 5.82 Å². The summed E-state index contributed by atoms with van der Waals surface area (Å²) in [6, 6.07) is 0.284. The van der Waals surface area contributed by atoms with E-state index in [0.29, 0.717) is 5.65 Å². The van der Waals surface area contributed by atoms with Crippen molar-refractivity contribution in [2.24, 2.45) is 0 Å². The number of nitrogens with one attached hydrogen (secondary N) is 2. The number of aromatic nitrogens is 4. The van der Waals surface area contributed by atoms with E-state index in [1.54, 1.807) is 6.33 Å². The summed E-state index contributed by atoms with van der Waals surface area (Å²) in [6.45, 7) is 0. The number of rotatable bonds is 2. The molecule has 1 saturated carbocycles. The average Bonchev–Trinajstić information content (AvgIpc) is 2.81. The quantitative estimate of drug-likeness (QED) is 0.804. The molecule has 0 aromatic carbocycles. The van der Waals surface area contributed by atoms with E-state index in [9.17, 15) is 0 Å². The molecular formula is C11H14ClN5. The monoisotopic (exact) mass is 251 g/mol. The Morgan fingerprint density at radius 3 is 3.00 bits per heavy atom. The van der Waals surface area contributed by atoms with Gasteiger partial charge in [0.05, 0.1) is 11.7 Å². The summed E-state index contributed by atoms with van der Waals surface area (Å²) in [7, 11) is 0. The summed E-state index contributed by atoms with van der Waals surface area (Å²) in [6.07, 6.45) is 7.75. The van der Waals surface area contributed by atoms with Crippen molar-refractivity contribution in [1.82, 2.24) is 19.9 Å². The largest absolute Gasteiger partial charge is 0.364 e. The van der Waals surface area contributed by atoms with Gasteiger partial charge < -0.3 is 10.3 Å². The van der Waals surface area contributed by atoms with E-state index in [1.165, 1.54) is 19.2 Å². The van der Waals surface area contributed by atoms with E-state index >= 15 is 0 Å². The fourth-order valence-electron chi connectivity index (χ4n) is 2.30. The van der Waals surface area contributed by atoms with Crippen LogP contribution < -0.4 is 5.32 Å². The highest BCUT2D eigenvalue weighted by Crippen LogP contribution is 2.26. The van der Waals surface area contributed by atoms with Crippen molar-refractivity contribution in [3.05, 3.63) is 12.7 Å². The highest BCUT2D eigenvalue weighted by Gasteiger charge is 2.24. The topological polar surface area (TPSA) is 66.5 Å². The van der Waals surface area contributed by atoms with Crippen LogP contribution >= 0.6 is 11.6 Å². The molecule has 2 atom stereocenters. The Morgan fingerprint density at radius 2 is 2.12 bits per heavy atom. The lowest BCUT2D eigenvalue weighted by atomic mass is 9.95. The van der Waals surface area contributed by atoms with Crippen molar-refractivity contribution in [3.8, 4) is 0 Å². The summed E-state index contributed by atoms with van der Waals surface area (Å²) < 4.78 is 0. The Labute approximate surface area is 104 Å². The minimum Gasteiger partial charge on any atom is -0.364 e. The van der Waals surface area contributed by atoms with Gasteiger partial charge in [-0.15, -0.1) is 11.6 Å². The molecule has 0 aliphatic heterocycles. The predicted octanol–water partition coefficient (Wildman–Crippen LogP) is 2.31. The Kier molecular flexibility index (Phi) is 2.84. The summed E-state index contributed by atoms with van der Waals surface area (Å²) in [5.74, 6) is 0.796. The van der Waals surface area contributed by atoms with Gasteiger partial charge in [0.25, 0.3) is 0 Å². The normalized spacial score (nSPS) is 25.0. The van der Waals surface area contributed by atoms with Crippen molar-refractivity contribution in [2.45, 2.75) is 37.1 Å². The molecule has 17 heavy (non-hydrogen) atoms. The predicted molar refractivity (Wildman–Crippen MR) is 67.2 cm³/mol. The molecule has 2 N–H and O–H groups in total. The number of aromatic amines is 1. The first-order chi connectivity index (χ1) is 8.34. The summed E-state index contributed by atoms with van der Waals surface area (Å²) in [5.41, 5.74) is 1.53. The molecule has 1 aliphatic carbocycles. The molecule has 5 nitrogen and oxygen atoms in total. The van der Waals surface area contributed by atoms with Gasteiger partial charge in [-0.25, -0.2) is 15.0 Å². The van der Waals surface area contributed by atoms with E-state index in [1.807, 2.05) is 0 Å². The molecule has 0 spiro atoms. The number of H-pyrrole nitrogens is 1. The van der Waals surface area contributed by atoms with Gasteiger partial charge in [-0.2, -0.15) is 0 Å². The number of fused-ring (bicyclic) bond motifs is 1. The standard InChI is InChI=1S/C11H14ClN5/c12-7-3-1-2-4-8(7)17-11-9-10(14-5-13-9)15-6-16-11/h5-8H,1-4H2,(H2,13,14,15,16,17). The lowest BCUT2D eigenvalue weighted by Crippen LogP contribution is -2.33. The Morgan fingerprint density at radius 1 is 1.24 bits per heavy atom. The van der Waals surface area contributed by atoms with Gasteiger partial charge in [-0.3, -0.25) is 0 Å². The van der Waals surface area contributed by atoms with Crippen LogP contribution in [0.5, 0.6) is 0 Å². The number of alkyl halides is 1. The van der Waals surface area contributed by atoms with Crippen molar-refractivity contribution in [1.29, 1.82) is 0 Å². The van der Waals surface area contributed by atoms with Crippen LogP contribution in [0.1, 0.15) is 25.7 Å². The van der Waals surface area contributed by atoms with Crippen LogP contribution in [-0.4, -0.2) is 31.4 Å². The second-order valence-corrected chi connectivity index (χ2v) is 4.94. The van der Waals surface area contributed by atoms with Gasteiger partial charge >= 0.3 is 0 Å². The molecule has 0 saturated heterocycles. The average molecular weight is 252 g/mol. The van der Waals surface area contributed by atoms with Crippen LogP contribution in [0.2, 0.25) is 0 Å². The third kappa shape index (κ3) is 2.07. The molecule has 0 amide bonds. The molecule has 1 fully saturated rings. The molecule has 90 valence electrons. The number of hydrogen-bond acceptors (Lipinski definition) is 4. The van der Waals surface area contributed by atoms with Gasteiger partial charge in [0, 0.05) is 6.04 Å². The van der Waals surface area contributed by atoms with Gasteiger partial charge in [0.2, 0.25) is 0 Å². The van der Waals surface area contributed by atoms with Crippen molar-refractivity contribution in [3.63, 3.8) is 0 Å². The molecule has 0 radical (unpaired) electrons. The number of nitrogens with zero attached hydrogens (tertiary/aromatic N) is 3. The SMILES string of the molecule is ClC1CCCCC1Nc1ncnc2nc[nH]c12. The maximum Gasteiger partial charge on any atom is 0.182 e. The van der Waals surface area contributed by atoms with Crippen LogP contribution in [-0.2, 0) is 0 Å². The molecular weight excluding hydrogens is 238 g/mol. The van der Waals surface area contributed by atoms with Gasteiger partial charge in [-0.05, 0) is 12.8 Å². The third-order valence-corrected chi connectivity index (χ3v) is 3.75. The number of imidazole rings is 1. The lowest BCUT2D eigenvalue weighted by Gasteiger charge is -2.28. The van der Waals surface area contributed by atoms with E-state index in [2.05, 4.69) is 25.3 Å². The molecule has 2 aromatic heterocycles. The van der Waals surface area contributed by atoms with Gasteiger partial charge in [-0.1, -0.05) is 12.8 Å². The van der Waals surface area contributed by atoms with Crippen molar-refractivity contribution >= 4 is 28.6 Å². The second kappa shape index (κ2) is 4.49. The molecule has 6 heteroatoms. The van der Waals surface area contributed by atoms with E-state index < -0.39 is 0 Å². The Bertz CT molecular complexity index is 511. The third-order valence-electron chi connectivity index (χ3n) is 3.23. The van der Waals surface area contributed by atoms with E-state index in [-0.39, 0.29) is 11.4 Å². The minimum absolute atomic E-state index is 0.177. The number of halogens is 1. The van der Waals surface area contributed by atoms with E-state index in [0.717, 1.165) is 24.2 Å². The molecule has 2 aromatic rings. The highest BCUT2D eigenvalue weighted by molar-refractivity contribution is 6.21. The highest BCUT2D eigenvalue weighted by atomic mass is 35.5. The zero-order valence-corrected chi connectivity index (χ0v) is 10.1. The second-order valence-electron chi connectivity index (χ2n) is 4.37. The Balaban J connectivity index is 1.86. The molecule has 2 heterocycles.